The molecule has 0 saturated heterocycles. The summed E-state index contributed by atoms with van der Waals surface area (Å²) in [6, 6.07) is 16.1. The molecule has 8 heteroatoms. The Bertz CT molecular complexity index is 1300. The highest BCUT2D eigenvalue weighted by Gasteiger charge is 2.30. The number of nitrogens with zero attached hydrogens (tertiary/aromatic N) is 3. The molecule has 2 heterocycles. The maximum atomic E-state index is 13.1. The van der Waals surface area contributed by atoms with Crippen molar-refractivity contribution in [1.82, 2.24) is 19.9 Å². The third kappa shape index (κ3) is 4.74. The summed E-state index contributed by atoms with van der Waals surface area (Å²) in [5, 5.41) is 7.43. The first-order valence-corrected chi connectivity index (χ1v) is 10.4. The van der Waals surface area contributed by atoms with Crippen molar-refractivity contribution in [2.75, 3.05) is 0 Å². The number of fused-ring (bicyclic) bond motifs is 1. The minimum Gasteiger partial charge on any atom is -0.348 e. The molecule has 0 radical (unpaired) electrons. The van der Waals surface area contributed by atoms with Gasteiger partial charge in [0.2, 0.25) is 0 Å². The van der Waals surface area contributed by atoms with Crippen molar-refractivity contribution in [2.45, 2.75) is 38.9 Å². The van der Waals surface area contributed by atoms with Crippen LogP contribution in [0.4, 0.5) is 13.2 Å². The van der Waals surface area contributed by atoms with E-state index in [2.05, 4.69) is 10.3 Å². The molecule has 0 spiro atoms. The zero-order valence-electron chi connectivity index (χ0n) is 18.4. The van der Waals surface area contributed by atoms with Crippen molar-refractivity contribution in [1.29, 1.82) is 0 Å². The Balaban J connectivity index is 1.72. The summed E-state index contributed by atoms with van der Waals surface area (Å²) in [6.07, 6.45) is -2.96. The van der Waals surface area contributed by atoms with Gasteiger partial charge in [0.05, 0.1) is 22.5 Å². The van der Waals surface area contributed by atoms with Gasteiger partial charge in [-0.25, -0.2) is 9.50 Å². The van der Waals surface area contributed by atoms with Gasteiger partial charge in [-0.15, -0.1) is 0 Å². The van der Waals surface area contributed by atoms with Gasteiger partial charge in [0.15, 0.2) is 5.65 Å². The molecule has 0 saturated carbocycles. The Hall–Kier alpha value is -3.68. The molecule has 4 aromatic rings. The van der Waals surface area contributed by atoms with Crippen LogP contribution >= 0.6 is 0 Å². The molecule has 170 valence electrons. The minimum atomic E-state index is -4.44. The van der Waals surface area contributed by atoms with Crippen molar-refractivity contribution in [2.24, 2.45) is 0 Å². The lowest BCUT2D eigenvalue weighted by atomic mass is 9.93. The summed E-state index contributed by atoms with van der Waals surface area (Å²) >= 11 is 0. The van der Waals surface area contributed by atoms with Crippen molar-refractivity contribution in [3.63, 3.8) is 0 Å². The molecule has 0 fully saturated rings. The van der Waals surface area contributed by atoms with E-state index in [1.54, 1.807) is 4.52 Å². The van der Waals surface area contributed by atoms with Gasteiger partial charge in [-0.2, -0.15) is 18.3 Å². The Morgan fingerprint density at radius 3 is 2.39 bits per heavy atom. The number of rotatable bonds is 4. The van der Waals surface area contributed by atoms with Gasteiger partial charge in [-0.3, -0.25) is 4.79 Å². The van der Waals surface area contributed by atoms with Crippen molar-refractivity contribution < 1.29 is 18.0 Å². The fraction of sp³-hybridized carbons (Fsp3) is 0.240. The molecule has 4 rings (SSSR count). The average molecular weight is 452 g/mol. The number of benzene rings is 2. The molecule has 1 amide bonds. The van der Waals surface area contributed by atoms with E-state index < -0.39 is 17.6 Å². The number of halogens is 3. The number of aromatic nitrogens is 3. The maximum absolute atomic E-state index is 13.1. The average Bonchev–Trinajstić information content (AvgIpc) is 3.22. The molecule has 2 aromatic carbocycles. The quantitative estimate of drug-likeness (QED) is 0.436. The van der Waals surface area contributed by atoms with E-state index in [9.17, 15) is 18.0 Å². The zero-order chi connectivity index (χ0) is 23.8. The lowest BCUT2D eigenvalue weighted by Gasteiger charge is -2.14. The van der Waals surface area contributed by atoms with Gasteiger partial charge >= 0.3 is 6.18 Å². The van der Waals surface area contributed by atoms with E-state index >= 15 is 0 Å². The predicted octanol–water partition coefficient (Wildman–Crippen LogP) is 5.64. The van der Waals surface area contributed by atoms with E-state index in [0.717, 1.165) is 23.4 Å². The van der Waals surface area contributed by atoms with E-state index in [-0.39, 0.29) is 17.5 Å². The highest BCUT2D eigenvalue weighted by atomic mass is 19.4. The first-order valence-electron chi connectivity index (χ1n) is 10.4. The fourth-order valence-corrected chi connectivity index (χ4v) is 3.48. The zero-order valence-corrected chi connectivity index (χ0v) is 18.4. The van der Waals surface area contributed by atoms with Crippen LogP contribution in [0.15, 0.2) is 66.9 Å². The molecule has 0 bridgehead atoms. The van der Waals surface area contributed by atoms with Gasteiger partial charge in [0.1, 0.15) is 0 Å². The second-order valence-electron chi connectivity index (χ2n) is 8.82. The van der Waals surface area contributed by atoms with Crippen LogP contribution in [0.5, 0.6) is 0 Å². The summed E-state index contributed by atoms with van der Waals surface area (Å²) in [5.41, 5.74) is 2.44. The Labute approximate surface area is 189 Å². The third-order valence-corrected chi connectivity index (χ3v) is 5.25. The number of amides is 1. The highest BCUT2D eigenvalue weighted by Crippen LogP contribution is 2.30. The van der Waals surface area contributed by atoms with Gasteiger partial charge in [-0.05, 0) is 17.7 Å². The largest absolute Gasteiger partial charge is 0.416 e. The molecule has 5 nitrogen and oxygen atoms in total. The van der Waals surface area contributed by atoms with E-state index in [1.807, 2.05) is 57.2 Å². The lowest BCUT2D eigenvalue weighted by molar-refractivity contribution is -0.137. The normalized spacial score (nSPS) is 12.2. The van der Waals surface area contributed by atoms with Gasteiger partial charge in [0, 0.05) is 29.8 Å². The molecule has 0 unspecified atom stereocenters. The number of hydrogen-bond donors (Lipinski definition) is 1. The van der Waals surface area contributed by atoms with Gasteiger partial charge in [0.25, 0.3) is 5.91 Å². The molecule has 1 N–H and O–H groups in total. The molecular formula is C25H23F3N4O. The topological polar surface area (TPSA) is 59.3 Å². The van der Waals surface area contributed by atoms with Gasteiger partial charge < -0.3 is 5.32 Å². The van der Waals surface area contributed by atoms with Crippen molar-refractivity contribution in [3.05, 3.63) is 89.2 Å². The number of carbonyl (C=O) groups excluding carboxylic acids is 1. The molecule has 0 aliphatic rings. The van der Waals surface area contributed by atoms with Crippen LogP contribution in [0.1, 0.15) is 48.0 Å². The summed E-state index contributed by atoms with van der Waals surface area (Å²) in [4.78, 5) is 17.5. The number of hydrogen-bond acceptors (Lipinski definition) is 3. The van der Waals surface area contributed by atoms with Crippen LogP contribution in [0.25, 0.3) is 16.9 Å². The third-order valence-electron chi connectivity index (χ3n) is 5.25. The summed E-state index contributed by atoms with van der Waals surface area (Å²) in [5.74, 6) is -0.450. The van der Waals surface area contributed by atoms with E-state index in [1.165, 1.54) is 18.3 Å². The van der Waals surface area contributed by atoms with E-state index in [4.69, 9.17) is 5.10 Å². The Morgan fingerprint density at radius 2 is 1.73 bits per heavy atom. The molecule has 0 aliphatic heterocycles. The smallest absolute Gasteiger partial charge is 0.348 e. The number of alkyl halides is 3. The Morgan fingerprint density at radius 1 is 1.00 bits per heavy atom. The molecule has 2 aromatic heterocycles. The van der Waals surface area contributed by atoms with Crippen LogP contribution in [-0.2, 0) is 18.1 Å². The first-order chi connectivity index (χ1) is 15.5. The summed E-state index contributed by atoms with van der Waals surface area (Å²) in [6.45, 7) is 6.07. The molecule has 0 atom stereocenters. The summed E-state index contributed by atoms with van der Waals surface area (Å²) in [7, 11) is 0. The van der Waals surface area contributed by atoms with Crippen LogP contribution in [-0.4, -0.2) is 20.5 Å². The maximum Gasteiger partial charge on any atom is 0.416 e. The highest BCUT2D eigenvalue weighted by molar-refractivity contribution is 6.00. The first kappa shape index (κ1) is 22.5. The lowest BCUT2D eigenvalue weighted by Crippen LogP contribution is -2.25. The second kappa shape index (κ2) is 8.35. The molecule has 0 aliphatic carbocycles. The second-order valence-corrected chi connectivity index (χ2v) is 8.82. The number of carbonyl (C=O) groups is 1. The van der Waals surface area contributed by atoms with Crippen molar-refractivity contribution >= 4 is 11.6 Å². The van der Waals surface area contributed by atoms with Crippen LogP contribution in [0, 0.1) is 0 Å². The number of nitrogens with one attached hydrogen (secondary N) is 1. The standard InChI is InChI=1S/C25H23F3N4O/c1-24(2,3)20-13-21-29-15-19(22(32(21)31-20)17-9-5-4-6-10-17)23(33)30-14-16-8-7-11-18(12-16)25(26,27)28/h4-13,15H,14H2,1-3H3,(H,30,33). The van der Waals surface area contributed by atoms with E-state index in [0.29, 0.717) is 16.9 Å². The van der Waals surface area contributed by atoms with Gasteiger partial charge in [-0.1, -0.05) is 63.2 Å². The van der Waals surface area contributed by atoms with Crippen molar-refractivity contribution in [3.8, 4) is 11.3 Å². The summed E-state index contributed by atoms with van der Waals surface area (Å²) < 4.78 is 40.7. The monoisotopic (exact) mass is 452 g/mol. The van der Waals surface area contributed by atoms with Crippen LogP contribution < -0.4 is 5.32 Å². The predicted molar refractivity (Wildman–Crippen MR) is 120 cm³/mol. The van der Waals surface area contributed by atoms with Crippen LogP contribution in [0.3, 0.4) is 0 Å². The molecular weight excluding hydrogens is 429 g/mol. The minimum absolute atomic E-state index is 0.0542. The molecule has 33 heavy (non-hydrogen) atoms. The SMILES string of the molecule is CC(C)(C)c1cc2ncc(C(=O)NCc3cccc(C(F)(F)F)c3)c(-c3ccccc3)n2n1. The Kier molecular flexibility index (Phi) is 5.69. The fourth-order valence-electron chi connectivity index (χ4n) is 3.48. The van der Waals surface area contributed by atoms with Crippen LogP contribution in [0.2, 0.25) is 0 Å².